The van der Waals surface area contributed by atoms with E-state index >= 15 is 0 Å². The Balaban J connectivity index is 2.24. The lowest BCUT2D eigenvalue weighted by Crippen LogP contribution is -2.38. The molecule has 1 aliphatic carbocycles. The summed E-state index contributed by atoms with van der Waals surface area (Å²) < 4.78 is 0. The number of carbonyl (C=O) groups excluding carboxylic acids is 1. The first-order valence-corrected chi connectivity index (χ1v) is 5.11. The molecule has 1 fully saturated rings. The number of nitrogens with one attached hydrogen (secondary N) is 1. The van der Waals surface area contributed by atoms with E-state index in [0.717, 1.165) is 12.8 Å². The highest BCUT2D eigenvalue weighted by molar-refractivity contribution is 5.83. The van der Waals surface area contributed by atoms with Crippen LogP contribution in [-0.2, 0) is 9.59 Å². The van der Waals surface area contributed by atoms with Crippen molar-refractivity contribution in [2.45, 2.75) is 45.1 Å². The van der Waals surface area contributed by atoms with Gasteiger partial charge in [-0.05, 0) is 25.7 Å². The molecule has 0 aromatic rings. The van der Waals surface area contributed by atoms with Crippen molar-refractivity contribution in [2.24, 2.45) is 5.92 Å². The van der Waals surface area contributed by atoms with Crippen molar-refractivity contribution in [3.63, 3.8) is 0 Å². The summed E-state index contributed by atoms with van der Waals surface area (Å²) in [5.74, 6) is -0.646. The number of hydrogen-bond acceptors (Lipinski definition) is 2. The molecule has 0 aliphatic heterocycles. The lowest BCUT2D eigenvalue weighted by Gasteiger charge is -2.12. The van der Waals surface area contributed by atoms with E-state index in [-0.39, 0.29) is 5.91 Å². The van der Waals surface area contributed by atoms with Crippen LogP contribution in [0.1, 0.15) is 39.0 Å². The summed E-state index contributed by atoms with van der Waals surface area (Å²) in [7, 11) is 0. The van der Waals surface area contributed by atoms with Gasteiger partial charge in [0, 0.05) is 6.42 Å². The molecule has 0 radical (unpaired) electrons. The maximum absolute atomic E-state index is 11.3. The Hall–Kier alpha value is -1.06. The molecule has 80 valence electrons. The minimum Gasteiger partial charge on any atom is -0.480 e. The minimum absolute atomic E-state index is 0.133. The van der Waals surface area contributed by atoms with Crippen molar-refractivity contribution < 1.29 is 14.7 Å². The Morgan fingerprint density at radius 2 is 2.00 bits per heavy atom. The highest BCUT2D eigenvalue weighted by Crippen LogP contribution is 2.27. The van der Waals surface area contributed by atoms with Gasteiger partial charge in [-0.15, -0.1) is 0 Å². The van der Waals surface area contributed by atoms with Crippen LogP contribution in [0.4, 0.5) is 0 Å². The van der Waals surface area contributed by atoms with Crippen LogP contribution in [0.2, 0.25) is 0 Å². The molecule has 1 amide bonds. The molecule has 1 atom stereocenters. The summed E-state index contributed by atoms with van der Waals surface area (Å²) in [4.78, 5) is 21.8. The average molecular weight is 199 g/mol. The highest BCUT2D eigenvalue weighted by atomic mass is 16.4. The van der Waals surface area contributed by atoms with E-state index in [9.17, 15) is 9.59 Å². The fraction of sp³-hybridized carbons (Fsp3) is 0.800. The van der Waals surface area contributed by atoms with Crippen LogP contribution in [0.3, 0.4) is 0 Å². The maximum atomic E-state index is 11.3. The fourth-order valence-corrected chi connectivity index (χ4v) is 1.84. The third kappa shape index (κ3) is 3.36. The second-order valence-electron chi connectivity index (χ2n) is 3.98. The number of amides is 1. The van der Waals surface area contributed by atoms with Crippen LogP contribution in [0.15, 0.2) is 0 Å². The fourth-order valence-electron chi connectivity index (χ4n) is 1.84. The zero-order chi connectivity index (χ0) is 10.6. The molecule has 2 N–H and O–H groups in total. The molecule has 0 spiro atoms. The first kappa shape index (κ1) is 11.0. The van der Waals surface area contributed by atoms with Gasteiger partial charge in [0.2, 0.25) is 5.91 Å². The highest BCUT2D eigenvalue weighted by Gasteiger charge is 2.20. The zero-order valence-electron chi connectivity index (χ0n) is 8.45. The lowest BCUT2D eigenvalue weighted by atomic mass is 10.0. The van der Waals surface area contributed by atoms with Crippen LogP contribution < -0.4 is 5.32 Å². The molecule has 0 aromatic heterocycles. The van der Waals surface area contributed by atoms with Crippen LogP contribution in [0.25, 0.3) is 0 Å². The molecule has 1 rings (SSSR count). The number of carbonyl (C=O) groups is 2. The molecule has 0 aromatic carbocycles. The molecule has 0 bridgehead atoms. The van der Waals surface area contributed by atoms with Crippen molar-refractivity contribution in [2.75, 3.05) is 0 Å². The molecule has 4 nitrogen and oxygen atoms in total. The van der Waals surface area contributed by atoms with Crippen molar-refractivity contribution in [1.29, 1.82) is 0 Å². The summed E-state index contributed by atoms with van der Waals surface area (Å²) in [5.41, 5.74) is 0. The van der Waals surface area contributed by atoms with Gasteiger partial charge in [0.15, 0.2) is 0 Å². The van der Waals surface area contributed by atoms with Crippen molar-refractivity contribution in [3.8, 4) is 0 Å². The predicted octanol–water partition coefficient (Wildman–Crippen LogP) is 1.16. The molecule has 1 saturated carbocycles. The minimum atomic E-state index is -0.982. The quantitative estimate of drug-likeness (QED) is 0.714. The number of carboxylic acids is 1. The van der Waals surface area contributed by atoms with Gasteiger partial charge in [0.05, 0.1) is 0 Å². The van der Waals surface area contributed by atoms with Gasteiger partial charge in [0.1, 0.15) is 6.04 Å². The van der Waals surface area contributed by atoms with Crippen molar-refractivity contribution in [1.82, 2.24) is 5.32 Å². The summed E-state index contributed by atoms with van der Waals surface area (Å²) in [6.07, 6.45) is 5.10. The molecular weight excluding hydrogens is 182 g/mol. The summed E-state index contributed by atoms with van der Waals surface area (Å²) in [6.45, 7) is 1.48. The Morgan fingerprint density at radius 3 is 2.50 bits per heavy atom. The van der Waals surface area contributed by atoms with Gasteiger partial charge in [0.25, 0.3) is 0 Å². The van der Waals surface area contributed by atoms with Crippen LogP contribution in [0, 0.1) is 5.92 Å². The van der Waals surface area contributed by atoms with Gasteiger partial charge < -0.3 is 10.4 Å². The van der Waals surface area contributed by atoms with E-state index in [0.29, 0.717) is 12.3 Å². The lowest BCUT2D eigenvalue weighted by molar-refractivity contribution is -0.141. The normalized spacial score (nSPS) is 19.2. The molecule has 1 aliphatic rings. The molecule has 0 heterocycles. The zero-order valence-corrected chi connectivity index (χ0v) is 8.45. The van der Waals surface area contributed by atoms with Gasteiger partial charge in [-0.2, -0.15) is 0 Å². The first-order valence-electron chi connectivity index (χ1n) is 5.11. The molecular formula is C10H17NO3. The monoisotopic (exact) mass is 199 g/mol. The second-order valence-corrected chi connectivity index (χ2v) is 3.98. The van der Waals surface area contributed by atoms with E-state index in [4.69, 9.17) is 5.11 Å². The smallest absolute Gasteiger partial charge is 0.325 e. The van der Waals surface area contributed by atoms with Gasteiger partial charge in [-0.3, -0.25) is 9.59 Å². The van der Waals surface area contributed by atoms with Crippen LogP contribution >= 0.6 is 0 Å². The van der Waals surface area contributed by atoms with E-state index in [1.165, 1.54) is 19.8 Å². The summed E-state index contributed by atoms with van der Waals surface area (Å²) in [6, 6.07) is -0.774. The number of carboxylic acid groups (broad SMARTS) is 1. The standard InChI is InChI=1S/C10H17NO3/c1-7(10(13)14)11-9(12)6-8-4-2-3-5-8/h7-8H,2-6H2,1H3,(H,11,12)(H,13,14). The van der Waals surface area contributed by atoms with E-state index in [1.54, 1.807) is 0 Å². The Kier molecular flexibility index (Phi) is 3.92. The largest absolute Gasteiger partial charge is 0.480 e. The maximum Gasteiger partial charge on any atom is 0.325 e. The van der Waals surface area contributed by atoms with Gasteiger partial charge in [-0.1, -0.05) is 12.8 Å². The number of rotatable bonds is 4. The topological polar surface area (TPSA) is 66.4 Å². The summed E-state index contributed by atoms with van der Waals surface area (Å²) >= 11 is 0. The van der Waals surface area contributed by atoms with E-state index in [2.05, 4.69) is 5.32 Å². The first-order chi connectivity index (χ1) is 6.59. The predicted molar refractivity (Wildman–Crippen MR) is 51.8 cm³/mol. The number of hydrogen-bond donors (Lipinski definition) is 2. The third-order valence-corrected chi connectivity index (χ3v) is 2.70. The van der Waals surface area contributed by atoms with Crippen LogP contribution in [-0.4, -0.2) is 23.0 Å². The van der Waals surface area contributed by atoms with Crippen molar-refractivity contribution in [3.05, 3.63) is 0 Å². The van der Waals surface area contributed by atoms with E-state index < -0.39 is 12.0 Å². The Labute approximate surface area is 83.7 Å². The Bertz CT molecular complexity index is 221. The third-order valence-electron chi connectivity index (χ3n) is 2.70. The molecule has 1 unspecified atom stereocenters. The SMILES string of the molecule is CC(NC(=O)CC1CCCC1)C(=O)O. The average Bonchev–Trinajstić information content (AvgIpc) is 2.56. The van der Waals surface area contributed by atoms with Gasteiger partial charge in [-0.25, -0.2) is 0 Å². The molecule has 14 heavy (non-hydrogen) atoms. The molecule has 4 heteroatoms. The van der Waals surface area contributed by atoms with Crippen LogP contribution in [0.5, 0.6) is 0 Å². The Morgan fingerprint density at radius 1 is 1.43 bits per heavy atom. The van der Waals surface area contributed by atoms with Gasteiger partial charge >= 0.3 is 5.97 Å². The summed E-state index contributed by atoms with van der Waals surface area (Å²) in [5, 5.41) is 11.0. The number of aliphatic carboxylic acids is 1. The van der Waals surface area contributed by atoms with Crippen molar-refractivity contribution >= 4 is 11.9 Å². The second kappa shape index (κ2) is 4.98. The van der Waals surface area contributed by atoms with E-state index in [1.807, 2.05) is 0 Å². The molecule has 0 saturated heterocycles.